The summed E-state index contributed by atoms with van der Waals surface area (Å²) in [5, 5.41) is 11.5. The predicted molar refractivity (Wildman–Crippen MR) is 93.8 cm³/mol. The molecule has 2 N–H and O–H groups in total. The minimum Gasteiger partial charge on any atom is -0.481 e. The summed E-state index contributed by atoms with van der Waals surface area (Å²) in [6.07, 6.45) is 1.61. The molecule has 0 fully saturated rings. The fourth-order valence-corrected chi connectivity index (χ4v) is 3.02. The van der Waals surface area contributed by atoms with E-state index in [2.05, 4.69) is 5.32 Å². The van der Waals surface area contributed by atoms with Crippen molar-refractivity contribution in [2.75, 3.05) is 6.54 Å². The topological polar surface area (TPSA) is 86.7 Å². The van der Waals surface area contributed by atoms with Gasteiger partial charge in [0.2, 0.25) is 11.8 Å². The first-order chi connectivity index (χ1) is 11.9. The maximum absolute atomic E-state index is 12.7. The molecule has 25 heavy (non-hydrogen) atoms. The standard InChI is InChI=1S/C19H26N2O4/c1-3-13(2)19(25)21-12-15-8-5-4-7-14(15)11-16(21)18(24)20-10-6-9-17(22)23/h4-5,7-8,13,16H,3,6,9-12H2,1-2H3,(H,20,24)(H,22,23). The van der Waals surface area contributed by atoms with Gasteiger partial charge in [-0.05, 0) is 24.0 Å². The van der Waals surface area contributed by atoms with Crippen LogP contribution in [0.1, 0.15) is 44.2 Å². The fraction of sp³-hybridized carbons (Fsp3) is 0.526. The maximum atomic E-state index is 12.7. The fourth-order valence-electron chi connectivity index (χ4n) is 3.02. The van der Waals surface area contributed by atoms with Crippen LogP contribution in [0, 0.1) is 5.92 Å². The van der Waals surface area contributed by atoms with E-state index in [1.807, 2.05) is 38.1 Å². The highest BCUT2D eigenvalue weighted by Crippen LogP contribution is 2.25. The molecule has 136 valence electrons. The summed E-state index contributed by atoms with van der Waals surface area (Å²) in [6.45, 7) is 4.58. The molecular weight excluding hydrogens is 320 g/mol. The number of hydrogen-bond donors (Lipinski definition) is 2. The second-order valence-electron chi connectivity index (χ2n) is 6.55. The van der Waals surface area contributed by atoms with Gasteiger partial charge in [-0.15, -0.1) is 0 Å². The molecule has 1 aromatic rings. The van der Waals surface area contributed by atoms with E-state index in [0.717, 1.165) is 17.5 Å². The van der Waals surface area contributed by atoms with Crippen LogP contribution < -0.4 is 5.32 Å². The molecule has 0 saturated carbocycles. The zero-order valence-corrected chi connectivity index (χ0v) is 14.8. The second-order valence-corrected chi connectivity index (χ2v) is 6.55. The summed E-state index contributed by atoms with van der Waals surface area (Å²) in [5.74, 6) is -1.23. The summed E-state index contributed by atoms with van der Waals surface area (Å²) in [7, 11) is 0. The number of benzene rings is 1. The van der Waals surface area contributed by atoms with Gasteiger partial charge in [-0.1, -0.05) is 38.1 Å². The van der Waals surface area contributed by atoms with Crippen molar-refractivity contribution in [3.8, 4) is 0 Å². The van der Waals surface area contributed by atoms with Crippen molar-refractivity contribution in [2.45, 2.75) is 52.1 Å². The number of carboxylic acids is 1. The molecule has 1 heterocycles. The van der Waals surface area contributed by atoms with Gasteiger partial charge in [0.1, 0.15) is 6.04 Å². The number of carboxylic acid groups (broad SMARTS) is 1. The van der Waals surface area contributed by atoms with Crippen LogP contribution >= 0.6 is 0 Å². The van der Waals surface area contributed by atoms with E-state index in [1.165, 1.54) is 0 Å². The summed E-state index contributed by atoms with van der Waals surface area (Å²) in [5.41, 5.74) is 2.16. The van der Waals surface area contributed by atoms with Crippen LogP contribution in [0.4, 0.5) is 0 Å². The lowest BCUT2D eigenvalue weighted by Crippen LogP contribution is -2.53. The molecule has 0 bridgehead atoms. The Bertz CT molecular complexity index is 644. The van der Waals surface area contributed by atoms with Gasteiger partial charge in [-0.2, -0.15) is 0 Å². The number of aliphatic carboxylic acids is 1. The Balaban J connectivity index is 2.12. The van der Waals surface area contributed by atoms with E-state index in [0.29, 0.717) is 25.9 Å². The van der Waals surface area contributed by atoms with Gasteiger partial charge in [0.05, 0.1) is 0 Å². The molecule has 0 saturated heterocycles. The largest absolute Gasteiger partial charge is 0.481 e. The van der Waals surface area contributed by atoms with Gasteiger partial charge in [0, 0.05) is 31.8 Å². The van der Waals surface area contributed by atoms with Gasteiger partial charge >= 0.3 is 5.97 Å². The summed E-state index contributed by atoms with van der Waals surface area (Å²) < 4.78 is 0. The molecule has 1 aliphatic heterocycles. The van der Waals surface area contributed by atoms with E-state index in [-0.39, 0.29) is 24.2 Å². The Morgan fingerprint density at radius 2 is 1.96 bits per heavy atom. The van der Waals surface area contributed by atoms with Gasteiger partial charge < -0.3 is 15.3 Å². The Kier molecular flexibility index (Phi) is 6.56. The quantitative estimate of drug-likeness (QED) is 0.739. The molecule has 0 spiro atoms. The van der Waals surface area contributed by atoms with Crippen molar-refractivity contribution in [1.82, 2.24) is 10.2 Å². The Morgan fingerprint density at radius 3 is 2.60 bits per heavy atom. The predicted octanol–water partition coefficient (Wildman–Crippen LogP) is 1.97. The van der Waals surface area contributed by atoms with E-state index < -0.39 is 12.0 Å². The van der Waals surface area contributed by atoms with Crippen LogP contribution in [0.15, 0.2) is 24.3 Å². The summed E-state index contributed by atoms with van der Waals surface area (Å²) in [6, 6.07) is 7.32. The van der Waals surface area contributed by atoms with Crippen molar-refractivity contribution >= 4 is 17.8 Å². The monoisotopic (exact) mass is 346 g/mol. The van der Waals surface area contributed by atoms with Gasteiger partial charge in [-0.3, -0.25) is 14.4 Å². The van der Waals surface area contributed by atoms with E-state index >= 15 is 0 Å². The first-order valence-corrected chi connectivity index (χ1v) is 8.80. The number of nitrogens with one attached hydrogen (secondary N) is 1. The Labute approximate surface area is 148 Å². The maximum Gasteiger partial charge on any atom is 0.303 e. The van der Waals surface area contributed by atoms with Gasteiger partial charge in [0.15, 0.2) is 0 Å². The number of carbonyl (C=O) groups excluding carboxylic acids is 2. The highest BCUT2D eigenvalue weighted by Gasteiger charge is 2.35. The summed E-state index contributed by atoms with van der Waals surface area (Å²) >= 11 is 0. The van der Waals surface area contributed by atoms with Crippen molar-refractivity contribution in [3.05, 3.63) is 35.4 Å². The van der Waals surface area contributed by atoms with Gasteiger partial charge in [-0.25, -0.2) is 0 Å². The first kappa shape index (κ1) is 19.0. The molecule has 2 amide bonds. The zero-order chi connectivity index (χ0) is 18.4. The number of amides is 2. The van der Waals surface area contributed by atoms with Crippen molar-refractivity contribution < 1.29 is 19.5 Å². The molecular formula is C19H26N2O4. The number of fused-ring (bicyclic) bond motifs is 1. The third-order valence-corrected chi connectivity index (χ3v) is 4.73. The van der Waals surface area contributed by atoms with Crippen molar-refractivity contribution in [2.24, 2.45) is 5.92 Å². The van der Waals surface area contributed by atoms with Crippen LogP contribution in [0.3, 0.4) is 0 Å². The van der Waals surface area contributed by atoms with Crippen molar-refractivity contribution in [3.63, 3.8) is 0 Å². The minimum absolute atomic E-state index is 0.0114. The van der Waals surface area contributed by atoms with Crippen LogP contribution in [0.25, 0.3) is 0 Å². The Hall–Kier alpha value is -2.37. The lowest BCUT2D eigenvalue weighted by Gasteiger charge is -2.37. The lowest BCUT2D eigenvalue weighted by atomic mass is 9.92. The normalized spacial score (nSPS) is 17.5. The number of rotatable bonds is 7. The second kappa shape index (κ2) is 8.65. The number of carbonyl (C=O) groups is 3. The molecule has 1 aromatic carbocycles. The van der Waals surface area contributed by atoms with Gasteiger partial charge in [0.25, 0.3) is 0 Å². The van der Waals surface area contributed by atoms with E-state index in [9.17, 15) is 14.4 Å². The molecule has 6 heteroatoms. The molecule has 1 aliphatic rings. The average molecular weight is 346 g/mol. The number of hydrogen-bond acceptors (Lipinski definition) is 3. The number of nitrogens with zero attached hydrogens (tertiary/aromatic N) is 1. The molecule has 2 unspecified atom stereocenters. The molecule has 0 radical (unpaired) electrons. The van der Waals surface area contributed by atoms with E-state index in [4.69, 9.17) is 5.11 Å². The van der Waals surface area contributed by atoms with Crippen LogP contribution in [-0.4, -0.2) is 40.4 Å². The van der Waals surface area contributed by atoms with Crippen LogP contribution in [0.2, 0.25) is 0 Å². The SMILES string of the molecule is CCC(C)C(=O)N1Cc2ccccc2CC1C(=O)NCCCC(=O)O. The molecule has 6 nitrogen and oxygen atoms in total. The highest BCUT2D eigenvalue weighted by atomic mass is 16.4. The minimum atomic E-state index is -0.880. The molecule has 2 atom stereocenters. The third-order valence-electron chi connectivity index (χ3n) is 4.73. The molecule has 2 rings (SSSR count). The average Bonchev–Trinajstić information content (AvgIpc) is 2.62. The van der Waals surface area contributed by atoms with Crippen LogP contribution in [-0.2, 0) is 27.3 Å². The van der Waals surface area contributed by atoms with Crippen molar-refractivity contribution in [1.29, 1.82) is 0 Å². The highest BCUT2D eigenvalue weighted by molar-refractivity contribution is 5.89. The van der Waals surface area contributed by atoms with Crippen LogP contribution in [0.5, 0.6) is 0 Å². The first-order valence-electron chi connectivity index (χ1n) is 8.80. The third kappa shape index (κ3) is 4.81. The summed E-state index contributed by atoms with van der Waals surface area (Å²) in [4.78, 5) is 37.6. The lowest BCUT2D eigenvalue weighted by molar-refractivity contribution is -0.144. The molecule has 0 aromatic heterocycles. The Morgan fingerprint density at radius 1 is 1.28 bits per heavy atom. The molecule has 0 aliphatic carbocycles. The smallest absolute Gasteiger partial charge is 0.303 e. The zero-order valence-electron chi connectivity index (χ0n) is 14.8. The van der Waals surface area contributed by atoms with E-state index in [1.54, 1.807) is 4.90 Å².